The van der Waals surface area contributed by atoms with Crippen molar-refractivity contribution in [3.63, 3.8) is 0 Å². The van der Waals surface area contributed by atoms with Gasteiger partial charge in [-0.05, 0) is 6.07 Å². The molecule has 0 aliphatic carbocycles. The summed E-state index contributed by atoms with van der Waals surface area (Å²) in [6.45, 7) is 0. The predicted octanol–water partition coefficient (Wildman–Crippen LogP) is 1.43. The molecule has 3 heterocycles. The Bertz CT molecular complexity index is 612. The molecule has 0 saturated carbocycles. The summed E-state index contributed by atoms with van der Waals surface area (Å²) in [5.41, 5.74) is 7.33. The topological polar surface area (TPSA) is 69.1 Å². The van der Waals surface area contributed by atoms with Gasteiger partial charge in [0.1, 0.15) is 5.69 Å². The molecule has 0 radical (unpaired) electrons. The minimum atomic E-state index is 0.559. The van der Waals surface area contributed by atoms with E-state index in [9.17, 15) is 0 Å². The first-order valence-electron chi connectivity index (χ1n) is 4.34. The largest absolute Gasteiger partial charge is 0.375 e. The van der Waals surface area contributed by atoms with Crippen molar-refractivity contribution in [2.45, 2.75) is 0 Å². The van der Waals surface area contributed by atoms with Crippen molar-refractivity contribution in [1.82, 2.24) is 19.4 Å². The van der Waals surface area contributed by atoms with E-state index in [0.717, 1.165) is 11.4 Å². The van der Waals surface area contributed by atoms with Crippen LogP contribution >= 0.6 is 11.3 Å². The van der Waals surface area contributed by atoms with Crippen molar-refractivity contribution < 1.29 is 0 Å². The molecule has 0 saturated heterocycles. The summed E-state index contributed by atoms with van der Waals surface area (Å²) in [5.74, 6) is 0.666. The van der Waals surface area contributed by atoms with Crippen molar-refractivity contribution in [3.8, 4) is 11.4 Å². The Morgan fingerprint density at radius 2 is 2.27 bits per heavy atom. The molecule has 0 bridgehead atoms. The normalized spacial score (nSPS) is 10.9. The lowest BCUT2D eigenvalue weighted by Gasteiger charge is -1.95. The van der Waals surface area contributed by atoms with Crippen LogP contribution in [0.15, 0.2) is 30.0 Å². The summed E-state index contributed by atoms with van der Waals surface area (Å²) in [5, 5.41) is 2.47. The lowest BCUT2D eigenvalue weighted by molar-refractivity contribution is 1.11. The Balaban J connectivity index is 2.27. The molecule has 2 N–H and O–H groups in total. The third-order valence-corrected chi connectivity index (χ3v) is 2.75. The van der Waals surface area contributed by atoms with E-state index in [1.165, 1.54) is 11.3 Å². The molecule has 0 aliphatic rings. The van der Waals surface area contributed by atoms with Crippen molar-refractivity contribution >= 4 is 22.2 Å². The first-order valence-corrected chi connectivity index (χ1v) is 5.22. The van der Waals surface area contributed by atoms with Crippen LogP contribution in [0.2, 0.25) is 0 Å². The Labute approximate surface area is 89.2 Å². The molecule has 0 unspecified atom stereocenters. The SMILES string of the molecule is Nc1nc(-c2cnc3ncccn23)cs1. The van der Waals surface area contributed by atoms with E-state index in [-0.39, 0.29) is 0 Å². The van der Waals surface area contributed by atoms with E-state index in [1.807, 2.05) is 22.0 Å². The second kappa shape index (κ2) is 3.03. The maximum absolute atomic E-state index is 5.59. The summed E-state index contributed by atoms with van der Waals surface area (Å²) in [7, 11) is 0. The third kappa shape index (κ3) is 1.26. The van der Waals surface area contributed by atoms with Crippen molar-refractivity contribution in [3.05, 3.63) is 30.0 Å². The fourth-order valence-corrected chi connectivity index (χ4v) is 1.98. The van der Waals surface area contributed by atoms with Gasteiger partial charge in [-0.1, -0.05) is 0 Å². The number of thiazole rings is 1. The molecular weight excluding hydrogens is 210 g/mol. The summed E-state index contributed by atoms with van der Waals surface area (Å²) in [4.78, 5) is 12.5. The number of nitrogens with zero attached hydrogens (tertiary/aromatic N) is 4. The van der Waals surface area contributed by atoms with Gasteiger partial charge in [0.2, 0.25) is 5.78 Å². The van der Waals surface area contributed by atoms with Gasteiger partial charge in [-0.2, -0.15) is 0 Å². The Hall–Kier alpha value is -1.95. The zero-order valence-electron chi connectivity index (χ0n) is 7.66. The van der Waals surface area contributed by atoms with E-state index in [0.29, 0.717) is 10.9 Å². The lowest BCUT2D eigenvalue weighted by Crippen LogP contribution is -1.90. The van der Waals surface area contributed by atoms with Crippen LogP contribution < -0.4 is 5.73 Å². The fourth-order valence-electron chi connectivity index (χ4n) is 1.42. The number of anilines is 1. The second-order valence-corrected chi connectivity index (χ2v) is 3.89. The van der Waals surface area contributed by atoms with E-state index in [2.05, 4.69) is 15.0 Å². The Kier molecular flexibility index (Phi) is 1.69. The highest BCUT2D eigenvalue weighted by Crippen LogP contribution is 2.23. The van der Waals surface area contributed by atoms with E-state index in [4.69, 9.17) is 5.73 Å². The van der Waals surface area contributed by atoms with Gasteiger partial charge in [-0.3, -0.25) is 4.40 Å². The number of hydrogen-bond acceptors (Lipinski definition) is 5. The maximum atomic E-state index is 5.59. The van der Waals surface area contributed by atoms with Crippen LogP contribution in [0.1, 0.15) is 0 Å². The van der Waals surface area contributed by atoms with Gasteiger partial charge in [0.15, 0.2) is 5.13 Å². The minimum Gasteiger partial charge on any atom is -0.375 e. The van der Waals surface area contributed by atoms with Gasteiger partial charge in [0.05, 0.1) is 11.9 Å². The Morgan fingerprint density at radius 3 is 3.07 bits per heavy atom. The highest BCUT2D eigenvalue weighted by molar-refractivity contribution is 7.13. The van der Waals surface area contributed by atoms with Crippen LogP contribution in [0, 0.1) is 0 Å². The molecular formula is C9H7N5S. The molecule has 0 atom stereocenters. The van der Waals surface area contributed by atoms with Gasteiger partial charge < -0.3 is 5.73 Å². The molecule has 6 heteroatoms. The number of nitrogens with two attached hydrogens (primary N) is 1. The molecule has 0 aromatic carbocycles. The van der Waals surface area contributed by atoms with Crippen molar-refractivity contribution in [1.29, 1.82) is 0 Å². The van der Waals surface area contributed by atoms with Crippen molar-refractivity contribution in [2.75, 3.05) is 5.73 Å². The van der Waals surface area contributed by atoms with Crippen molar-refractivity contribution in [2.24, 2.45) is 0 Å². The lowest BCUT2D eigenvalue weighted by atomic mass is 10.4. The molecule has 3 aromatic rings. The molecule has 5 nitrogen and oxygen atoms in total. The molecule has 0 amide bonds. The third-order valence-electron chi connectivity index (χ3n) is 2.07. The van der Waals surface area contributed by atoms with Crippen LogP contribution in [0.25, 0.3) is 17.2 Å². The summed E-state index contributed by atoms with van der Waals surface area (Å²) in [6, 6.07) is 1.86. The monoisotopic (exact) mass is 217 g/mol. The number of fused-ring (bicyclic) bond motifs is 1. The summed E-state index contributed by atoms with van der Waals surface area (Å²) >= 11 is 1.42. The number of rotatable bonds is 1. The maximum Gasteiger partial charge on any atom is 0.234 e. The quantitative estimate of drug-likeness (QED) is 0.669. The van der Waals surface area contributed by atoms with E-state index in [1.54, 1.807) is 12.4 Å². The fraction of sp³-hybridized carbons (Fsp3) is 0. The zero-order valence-corrected chi connectivity index (χ0v) is 8.48. The number of imidazole rings is 1. The molecule has 74 valence electrons. The second-order valence-electron chi connectivity index (χ2n) is 3.00. The first kappa shape index (κ1) is 8.37. The minimum absolute atomic E-state index is 0.559. The van der Waals surface area contributed by atoms with Crippen LogP contribution in [0.5, 0.6) is 0 Å². The van der Waals surface area contributed by atoms with Gasteiger partial charge in [-0.15, -0.1) is 11.3 Å². The van der Waals surface area contributed by atoms with E-state index >= 15 is 0 Å². The van der Waals surface area contributed by atoms with E-state index < -0.39 is 0 Å². The van der Waals surface area contributed by atoms with Crippen LogP contribution in [0.3, 0.4) is 0 Å². The predicted molar refractivity (Wildman–Crippen MR) is 58.5 cm³/mol. The molecule has 3 aromatic heterocycles. The smallest absolute Gasteiger partial charge is 0.234 e. The van der Waals surface area contributed by atoms with Crippen LogP contribution in [-0.2, 0) is 0 Å². The first-order chi connectivity index (χ1) is 7.34. The molecule has 0 aliphatic heterocycles. The van der Waals surface area contributed by atoms with Gasteiger partial charge in [0, 0.05) is 17.8 Å². The molecule has 15 heavy (non-hydrogen) atoms. The highest BCUT2D eigenvalue weighted by Gasteiger charge is 2.08. The summed E-state index contributed by atoms with van der Waals surface area (Å²) < 4.78 is 1.88. The standard InChI is InChI=1S/C9H7N5S/c10-8-13-6(5-15-8)7-4-12-9-11-2-1-3-14(7)9/h1-5H,(H2,10,13). The number of hydrogen-bond donors (Lipinski definition) is 1. The number of aromatic nitrogens is 4. The highest BCUT2D eigenvalue weighted by atomic mass is 32.1. The Morgan fingerprint density at radius 1 is 1.33 bits per heavy atom. The van der Waals surface area contributed by atoms with Crippen LogP contribution in [0.4, 0.5) is 5.13 Å². The molecule has 0 fully saturated rings. The van der Waals surface area contributed by atoms with Gasteiger partial charge in [0.25, 0.3) is 0 Å². The van der Waals surface area contributed by atoms with Crippen LogP contribution in [-0.4, -0.2) is 19.4 Å². The summed E-state index contributed by atoms with van der Waals surface area (Å²) in [6.07, 6.45) is 5.36. The average Bonchev–Trinajstić information content (AvgIpc) is 2.83. The number of nitrogen functional groups attached to an aromatic ring is 1. The molecule has 3 rings (SSSR count). The van der Waals surface area contributed by atoms with Gasteiger partial charge >= 0.3 is 0 Å². The van der Waals surface area contributed by atoms with Gasteiger partial charge in [-0.25, -0.2) is 15.0 Å². The molecule has 0 spiro atoms. The average molecular weight is 217 g/mol. The zero-order chi connectivity index (χ0) is 10.3.